The Bertz CT molecular complexity index is 375. The average Bonchev–Trinajstić information content (AvgIpc) is 2.88. The molecule has 0 atom stereocenters. The highest BCUT2D eigenvalue weighted by molar-refractivity contribution is 5.46. The predicted molar refractivity (Wildman–Crippen MR) is 49.7 cm³/mol. The van der Waals surface area contributed by atoms with E-state index >= 15 is 0 Å². The van der Waals surface area contributed by atoms with Crippen LogP contribution in [0.4, 0.5) is 4.39 Å². The first-order valence-corrected chi connectivity index (χ1v) is 4.43. The fraction of sp³-hybridized carbons (Fsp3) is 0.400. The quantitative estimate of drug-likeness (QED) is 0.755. The zero-order chi connectivity index (χ0) is 10.3. The van der Waals surface area contributed by atoms with Crippen molar-refractivity contribution >= 4 is 0 Å². The molecule has 0 saturated heterocycles. The lowest BCUT2D eigenvalue weighted by Crippen LogP contribution is -2.19. The van der Waals surface area contributed by atoms with Gasteiger partial charge in [-0.25, -0.2) is 4.39 Å². The summed E-state index contributed by atoms with van der Waals surface area (Å²) in [7, 11) is 1.35. The first-order chi connectivity index (χ1) is 6.57. The van der Waals surface area contributed by atoms with Gasteiger partial charge in [0.05, 0.1) is 7.11 Å². The van der Waals surface area contributed by atoms with Crippen molar-refractivity contribution in [3.63, 3.8) is 0 Å². The van der Waals surface area contributed by atoms with E-state index in [4.69, 9.17) is 10.5 Å². The van der Waals surface area contributed by atoms with E-state index in [-0.39, 0.29) is 11.5 Å². The Morgan fingerprint density at radius 1 is 1.50 bits per heavy atom. The third-order valence-electron chi connectivity index (χ3n) is 2.60. The molecule has 0 aliphatic heterocycles. The molecule has 4 heteroatoms. The molecule has 76 valence electrons. The maximum absolute atomic E-state index is 13.3. The molecule has 3 N–H and O–H groups in total. The van der Waals surface area contributed by atoms with E-state index in [0.29, 0.717) is 5.56 Å². The van der Waals surface area contributed by atoms with Crippen LogP contribution in [0.25, 0.3) is 0 Å². The normalized spacial score (nSPS) is 17.9. The van der Waals surface area contributed by atoms with Gasteiger partial charge in [-0.05, 0) is 18.9 Å². The van der Waals surface area contributed by atoms with Crippen LogP contribution in [-0.2, 0) is 5.54 Å². The second-order valence-corrected chi connectivity index (χ2v) is 3.66. The van der Waals surface area contributed by atoms with Gasteiger partial charge in [0.15, 0.2) is 11.6 Å². The first kappa shape index (κ1) is 9.27. The lowest BCUT2D eigenvalue weighted by molar-refractivity contribution is 0.377. The maximum atomic E-state index is 13.3. The van der Waals surface area contributed by atoms with Crippen molar-refractivity contribution in [2.45, 2.75) is 18.4 Å². The van der Waals surface area contributed by atoms with Crippen molar-refractivity contribution in [3.8, 4) is 11.5 Å². The van der Waals surface area contributed by atoms with Gasteiger partial charge in [-0.3, -0.25) is 0 Å². The zero-order valence-electron chi connectivity index (χ0n) is 7.88. The van der Waals surface area contributed by atoms with Gasteiger partial charge in [-0.2, -0.15) is 0 Å². The topological polar surface area (TPSA) is 55.5 Å². The van der Waals surface area contributed by atoms with Crippen LogP contribution in [-0.4, -0.2) is 12.2 Å². The highest BCUT2D eigenvalue weighted by atomic mass is 19.1. The summed E-state index contributed by atoms with van der Waals surface area (Å²) in [5.41, 5.74) is 5.80. The highest BCUT2D eigenvalue weighted by Gasteiger charge is 2.42. The molecule has 0 amide bonds. The van der Waals surface area contributed by atoms with E-state index in [1.165, 1.54) is 19.2 Å². The summed E-state index contributed by atoms with van der Waals surface area (Å²) in [5, 5.41) is 9.60. The summed E-state index contributed by atoms with van der Waals surface area (Å²) in [4.78, 5) is 0. The Morgan fingerprint density at radius 3 is 2.64 bits per heavy atom. The van der Waals surface area contributed by atoms with Crippen molar-refractivity contribution in [2.75, 3.05) is 7.11 Å². The van der Waals surface area contributed by atoms with E-state index in [0.717, 1.165) is 12.8 Å². The molecular weight excluding hydrogens is 185 g/mol. The van der Waals surface area contributed by atoms with Crippen LogP contribution in [0.3, 0.4) is 0 Å². The molecule has 0 radical (unpaired) electrons. The van der Waals surface area contributed by atoms with Crippen LogP contribution >= 0.6 is 0 Å². The molecule has 0 unspecified atom stereocenters. The molecular formula is C10H12FNO2. The Labute approximate surface area is 81.3 Å². The minimum absolute atomic E-state index is 0.00301. The number of phenolic OH excluding ortho intramolecular Hbond substituents is 1. The van der Waals surface area contributed by atoms with Crippen molar-refractivity contribution in [1.82, 2.24) is 0 Å². The van der Waals surface area contributed by atoms with Crippen molar-refractivity contribution < 1.29 is 14.2 Å². The number of hydrogen-bond acceptors (Lipinski definition) is 3. The molecule has 1 saturated carbocycles. The van der Waals surface area contributed by atoms with Crippen molar-refractivity contribution in [2.24, 2.45) is 5.73 Å². The SMILES string of the molecule is COc1cc(O)c(C2(N)CC2)cc1F. The minimum atomic E-state index is -0.531. The summed E-state index contributed by atoms with van der Waals surface area (Å²) in [6.07, 6.45) is 1.57. The van der Waals surface area contributed by atoms with Gasteiger partial charge in [0.25, 0.3) is 0 Å². The van der Waals surface area contributed by atoms with Crippen LogP contribution in [0.5, 0.6) is 11.5 Å². The molecule has 14 heavy (non-hydrogen) atoms. The standard InChI is InChI=1S/C10H12FNO2/c1-14-9-5-8(13)6(4-7(9)11)10(12)2-3-10/h4-5,13H,2-3,12H2,1H3. The summed E-state index contributed by atoms with van der Waals surface area (Å²) in [6, 6.07) is 2.51. The van der Waals surface area contributed by atoms with Crippen LogP contribution in [0.2, 0.25) is 0 Å². The second kappa shape index (κ2) is 2.85. The van der Waals surface area contributed by atoms with Gasteiger partial charge in [-0.1, -0.05) is 0 Å². The Kier molecular flexibility index (Phi) is 1.89. The van der Waals surface area contributed by atoms with Gasteiger partial charge in [0, 0.05) is 17.2 Å². The predicted octanol–water partition coefficient (Wildman–Crippen LogP) is 1.49. The van der Waals surface area contributed by atoms with Crippen molar-refractivity contribution in [1.29, 1.82) is 0 Å². The molecule has 0 heterocycles. The van der Waals surface area contributed by atoms with E-state index in [1.807, 2.05) is 0 Å². The zero-order valence-corrected chi connectivity index (χ0v) is 7.88. The van der Waals surface area contributed by atoms with Gasteiger partial charge >= 0.3 is 0 Å². The van der Waals surface area contributed by atoms with E-state index in [1.54, 1.807) is 0 Å². The Morgan fingerprint density at radius 2 is 2.14 bits per heavy atom. The van der Waals surface area contributed by atoms with Gasteiger partial charge < -0.3 is 15.6 Å². The molecule has 0 spiro atoms. The third-order valence-corrected chi connectivity index (χ3v) is 2.60. The third kappa shape index (κ3) is 1.32. The number of phenols is 1. The van der Waals surface area contributed by atoms with E-state index in [2.05, 4.69) is 0 Å². The summed E-state index contributed by atoms with van der Waals surface area (Å²) in [5.74, 6) is -0.448. The minimum Gasteiger partial charge on any atom is -0.507 e. The van der Waals surface area contributed by atoms with Crippen LogP contribution in [0.15, 0.2) is 12.1 Å². The number of hydrogen-bond donors (Lipinski definition) is 2. The molecule has 1 aliphatic rings. The lowest BCUT2D eigenvalue weighted by Gasteiger charge is -2.13. The number of methoxy groups -OCH3 is 1. The Hall–Kier alpha value is -1.29. The number of rotatable bonds is 2. The molecule has 3 nitrogen and oxygen atoms in total. The fourth-order valence-electron chi connectivity index (χ4n) is 1.50. The monoisotopic (exact) mass is 197 g/mol. The molecule has 1 aromatic rings. The van der Waals surface area contributed by atoms with Crippen LogP contribution < -0.4 is 10.5 Å². The Balaban J connectivity index is 2.48. The molecule has 0 bridgehead atoms. The molecule has 1 fully saturated rings. The molecule has 1 aliphatic carbocycles. The highest BCUT2D eigenvalue weighted by Crippen LogP contribution is 2.47. The second-order valence-electron chi connectivity index (χ2n) is 3.66. The van der Waals surface area contributed by atoms with E-state index in [9.17, 15) is 9.50 Å². The fourth-order valence-corrected chi connectivity index (χ4v) is 1.50. The maximum Gasteiger partial charge on any atom is 0.165 e. The van der Waals surface area contributed by atoms with Gasteiger partial charge in [0.2, 0.25) is 0 Å². The largest absolute Gasteiger partial charge is 0.507 e. The van der Waals surface area contributed by atoms with Crippen LogP contribution in [0, 0.1) is 5.82 Å². The number of ether oxygens (including phenoxy) is 1. The summed E-state index contributed by atoms with van der Waals surface area (Å²) < 4.78 is 18.0. The van der Waals surface area contributed by atoms with Gasteiger partial charge in [0.1, 0.15) is 5.75 Å². The molecule has 1 aromatic carbocycles. The number of nitrogens with two attached hydrogens (primary N) is 1. The van der Waals surface area contributed by atoms with Gasteiger partial charge in [-0.15, -0.1) is 0 Å². The van der Waals surface area contributed by atoms with Crippen molar-refractivity contribution in [3.05, 3.63) is 23.5 Å². The summed E-state index contributed by atoms with van der Waals surface area (Å²) in [6.45, 7) is 0. The average molecular weight is 197 g/mol. The molecule has 0 aromatic heterocycles. The molecule has 2 rings (SSSR count). The van der Waals surface area contributed by atoms with Crippen LogP contribution in [0.1, 0.15) is 18.4 Å². The number of halogens is 1. The van der Waals surface area contributed by atoms with E-state index < -0.39 is 11.4 Å². The first-order valence-electron chi connectivity index (χ1n) is 4.43. The smallest absolute Gasteiger partial charge is 0.165 e. The lowest BCUT2D eigenvalue weighted by atomic mass is 10.0. The number of aromatic hydroxyl groups is 1. The number of benzene rings is 1. The summed E-state index contributed by atoms with van der Waals surface area (Å²) >= 11 is 0.